The van der Waals surface area contributed by atoms with E-state index in [1.165, 1.54) is 6.07 Å². The fraction of sp³-hybridized carbons (Fsp3) is 0.200. The molecule has 0 fully saturated rings. The van der Waals surface area contributed by atoms with E-state index in [-0.39, 0.29) is 17.9 Å². The average Bonchev–Trinajstić information content (AvgIpc) is 2.59. The van der Waals surface area contributed by atoms with Gasteiger partial charge in [0.15, 0.2) is 5.43 Å². The molecule has 0 aliphatic heterocycles. The van der Waals surface area contributed by atoms with Crippen molar-refractivity contribution in [2.24, 2.45) is 0 Å². The number of fused-ring (bicyclic) bond motifs is 1. The molecule has 1 N–H and O–H groups in total. The van der Waals surface area contributed by atoms with E-state index in [0.717, 1.165) is 33.2 Å². The molecule has 0 radical (unpaired) electrons. The topological polar surface area (TPSA) is 51.1 Å². The summed E-state index contributed by atoms with van der Waals surface area (Å²) in [7, 11) is 0. The van der Waals surface area contributed by atoms with E-state index in [9.17, 15) is 9.59 Å². The smallest absolute Gasteiger partial charge is 0.244 e. The largest absolute Gasteiger partial charge is 0.338 e. The Kier molecular flexibility index (Phi) is 5.04. The van der Waals surface area contributed by atoms with Crippen LogP contribution in [-0.2, 0) is 17.8 Å². The third-order valence-corrected chi connectivity index (χ3v) is 4.75. The van der Waals surface area contributed by atoms with Gasteiger partial charge in [0.1, 0.15) is 6.54 Å². The summed E-state index contributed by atoms with van der Waals surface area (Å²) in [6.45, 7) is 4.20. The molecule has 1 heterocycles. The van der Waals surface area contributed by atoms with Gasteiger partial charge >= 0.3 is 0 Å². The number of halogens is 1. The van der Waals surface area contributed by atoms with Gasteiger partial charge in [0.25, 0.3) is 0 Å². The first-order valence-corrected chi connectivity index (χ1v) is 8.96. The van der Waals surface area contributed by atoms with Gasteiger partial charge in [-0.1, -0.05) is 41.1 Å². The number of para-hydroxylation sites is 1. The number of nitrogens with one attached hydrogen (secondary N) is 1. The number of anilines is 1. The fourth-order valence-electron chi connectivity index (χ4n) is 2.96. The highest BCUT2D eigenvalue weighted by Gasteiger charge is 2.11. The zero-order chi connectivity index (χ0) is 18.0. The maximum atomic E-state index is 12.6. The molecule has 5 heteroatoms. The lowest BCUT2D eigenvalue weighted by Gasteiger charge is -2.15. The average molecular weight is 399 g/mol. The number of benzene rings is 2. The summed E-state index contributed by atoms with van der Waals surface area (Å²) >= 11 is 3.38. The molecule has 2 aromatic carbocycles. The molecule has 3 aromatic rings. The predicted octanol–water partition coefficient (Wildman–Crippen LogP) is 4.27. The summed E-state index contributed by atoms with van der Waals surface area (Å²) in [5.41, 5.74) is 3.72. The predicted molar refractivity (Wildman–Crippen MR) is 105 cm³/mol. The summed E-state index contributed by atoms with van der Waals surface area (Å²) in [4.78, 5) is 24.6. The number of rotatable bonds is 4. The molecule has 25 heavy (non-hydrogen) atoms. The van der Waals surface area contributed by atoms with E-state index >= 15 is 0 Å². The summed E-state index contributed by atoms with van der Waals surface area (Å²) < 4.78 is 2.63. The van der Waals surface area contributed by atoms with E-state index in [4.69, 9.17) is 0 Å². The van der Waals surface area contributed by atoms with Crippen molar-refractivity contribution < 1.29 is 4.79 Å². The molecule has 0 saturated carbocycles. The Hall–Kier alpha value is -2.40. The van der Waals surface area contributed by atoms with Crippen molar-refractivity contribution in [3.8, 4) is 0 Å². The Bertz CT molecular complexity index is 1010. The van der Waals surface area contributed by atoms with Gasteiger partial charge in [-0.15, -0.1) is 0 Å². The van der Waals surface area contributed by atoms with Crippen molar-refractivity contribution in [1.29, 1.82) is 0 Å². The lowest BCUT2D eigenvalue weighted by molar-refractivity contribution is -0.116. The van der Waals surface area contributed by atoms with E-state index in [1.807, 2.05) is 37.3 Å². The van der Waals surface area contributed by atoms with Crippen LogP contribution in [0.2, 0.25) is 0 Å². The number of hydrogen-bond donors (Lipinski definition) is 1. The van der Waals surface area contributed by atoms with Gasteiger partial charge in [0.05, 0.1) is 5.52 Å². The Labute approximate surface area is 154 Å². The molecular weight excluding hydrogens is 380 g/mol. The van der Waals surface area contributed by atoms with Crippen LogP contribution in [0.1, 0.15) is 18.1 Å². The first kappa shape index (κ1) is 17.4. The maximum absolute atomic E-state index is 12.6. The van der Waals surface area contributed by atoms with E-state index in [0.29, 0.717) is 5.39 Å². The standard InChI is InChI=1S/C20H19BrN2O2/c1-3-14-6-4-5-13(2)20(14)22-19(25)12-23-10-9-18(24)16-11-15(21)7-8-17(16)23/h4-11H,3,12H2,1-2H3,(H,22,25). The molecule has 3 rings (SSSR count). The first-order chi connectivity index (χ1) is 12.0. The number of nitrogens with zero attached hydrogens (tertiary/aromatic N) is 1. The van der Waals surface area contributed by atoms with Gasteiger partial charge in [-0.25, -0.2) is 0 Å². The molecule has 4 nitrogen and oxygen atoms in total. The molecule has 1 aromatic heterocycles. The molecule has 128 valence electrons. The van der Waals surface area contributed by atoms with Crippen LogP contribution >= 0.6 is 15.9 Å². The van der Waals surface area contributed by atoms with Crippen molar-refractivity contribution in [3.05, 3.63) is 74.5 Å². The van der Waals surface area contributed by atoms with Crippen LogP contribution < -0.4 is 10.7 Å². The van der Waals surface area contributed by atoms with Gasteiger partial charge in [0.2, 0.25) is 5.91 Å². The fourth-order valence-corrected chi connectivity index (χ4v) is 3.32. The zero-order valence-corrected chi connectivity index (χ0v) is 15.8. The van der Waals surface area contributed by atoms with Crippen LogP contribution in [0.5, 0.6) is 0 Å². The van der Waals surface area contributed by atoms with Crippen LogP contribution in [0, 0.1) is 6.92 Å². The van der Waals surface area contributed by atoms with Gasteiger partial charge in [-0.2, -0.15) is 0 Å². The number of hydrogen-bond acceptors (Lipinski definition) is 2. The zero-order valence-electron chi connectivity index (χ0n) is 14.2. The van der Waals surface area contributed by atoms with E-state index < -0.39 is 0 Å². The number of amides is 1. The Morgan fingerprint density at radius 1 is 1.20 bits per heavy atom. The quantitative estimate of drug-likeness (QED) is 0.712. The van der Waals surface area contributed by atoms with Gasteiger partial charge in [0, 0.05) is 27.8 Å². The third kappa shape index (κ3) is 3.66. The summed E-state index contributed by atoms with van der Waals surface area (Å²) in [5.74, 6) is -0.114. The second kappa shape index (κ2) is 7.23. The second-order valence-corrected chi connectivity index (χ2v) is 6.90. The lowest BCUT2D eigenvalue weighted by atomic mass is 10.1. The van der Waals surface area contributed by atoms with Crippen LogP contribution in [0.25, 0.3) is 10.9 Å². The molecule has 0 atom stereocenters. The normalized spacial score (nSPS) is 10.8. The molecule has 0 bridgehead atoms. The summed E-state index contributed by atoms with van der Waals surface area (Å²) in [5, 5.41) is 3.61. The number of aryl methyl sites for hydroxylation is 2. The van der Waals surface area contributed by atoms with E-state index in [2.05, 4.69) is 28.2 Å². The van der Waals surface area contributed by atoms with Gasteiger partial charge in [-0.3, -0.25) is 9.59 Å². The van der Waals surface area contributed by atoms with Crippen LogP contribution in [0.4, 0.5) is 5.69 Å². The number of pyridine rings is 1. The maximum Gasteiger partial charge on any atom is 0.244 e. The van der Waals surface area contributed by atoms with Crippen molar-refractivity contribution >= 4 is 38.4 Å². The minimum Gasteiger partial charge on any atom is -0.338 e. The molecule has 0 spiro atoms. The summed E-state index contributed by atoms with van der Waals surface area (Å²) in [6.07, 6.45) is 2.52. The Morgan fingerprint density at radius 2 is 2.00 bits per heavy atom. The molecule has 0 saturated heterocycles. The van der Waals surface area contributed by atoms with Gasteiger partial charge in [-0.05, 0) is 42.7 Å². The Morgan fingerprint density at radius 3 is 2.76 bits per heavy atom. The minimum atomic E-state index is -0.114. The SMILES string of the molecule is CCc1cccc(C)c1NC(=O)Cn1ccc(=O)c2cc(Br)ccc21. The third-order valence-electron chi connectivity index (χ3n) is 4.26. The monoisotopic (exact) mass is 398 g/mol. The Balaban J connectivity index is 1.91. The molecule has 0 aliphatic carbocycles. The highest BCUT2D eigenvalue weighted by Crippen LogP contribution is 2.21. The number of carbonyl (C=O) groups excluding carboxylic acids is 1. The first-order valence-electron chi connectivity index (χ1n) is 8.16. The second-order valence-electron chi connectivity index (χ2n) is 5.98. The lowest BCUT2D eigenvalue weighted by Crippen LogP contribution is -2.21. The van der Waals surface area contributed by atoms with Crippen LogP contribution in [0.15, 0.2) is 57.9 Å². The van der Waals surface area contributed by atoms with Gasteiger partial charge < -0.3 is 9.88 Å². The highest BCUT2D eigenvalue weighted by atomic mass is 79.9. The molecule has 0 aliphatic rings. The van der Waals surface area contributed by atoms with Crippen molar-refractivity contribution in [2.75, 3.05) is 5.32 Å². The van der Waals surface area contributed by atoms with E-state index in [1.54, 1.807) is 16.8 Å². The van der Waals surface area contributed by atoms with Crippen LogP contribution in [-0.4, -0.2) is 10.5 Å². The van der Waals surface area contributed by atoms with Crippen molar-refractivity contribution in [1.82, 2.24) is 4.57 Å². The highest BCUT2D eigenvalue weighted by molar-refractivity contribution is 9.10. The molecule has 0 unspecified atom stereocenters. The number of carbonyl (C=O) groups is 1. The van der Waals surface area contributed by atoms with Crippen molar-refractivity contribution in [2.45, 2.75) is 26.8 Å². The minimum absolute atomic E-state index is 0.0554. The van der Waals surface area contributed by atoms with Crippen LogP contribution in [0.3, 0.4) is 0 Å². The molecular formula is C20H19BrN2O2. The van der Waals surface area contributed by atoms with Crippen molar-refractivity contribution in [3.63, 3.8) is 0 Å². The summed E-state index contributed by atoms with van der Waals surface area (Å²) in [6, 6.07) is 13.0. The molecule has 1 amide bonds. The number of aromatic nitrogens is 1.